The Morgan fingerprint density at radius 2 is 2.00 bits per heavy atom. The molecule has 1 aromatic rings. The minimum atomic E-state index is -0.154. The van der Waals surface area contributed by atoms with Crippen LogP contribution in [0.5, 0.6) is 0 Å². The van der Waals surface area contributed by atoms with Crippen molar-refractivity contribution in [3.8, 4) is 0 Å². The van der Waals surface area contributed by atoms with Crippen molar-refractivity contribution >= 4 is 29.1 Å². The number of carbonyl (C=O) groups is 2. The first kappa shape index (κ1) is 19.5. The van der Waals surface area contributed by atoms with Crippen molar-refractivity contribution in [1.82, 2.24) is 4.90 Å². The molecular weight excluding hydrogens is 338 g/mol. The summed E-state index contributed by atoms with van der Waals surface area (Å²) in [4.78, 5) is 27.5. The summed E-state index contributed by atoms with van der Waals surface area (Å²) in [5.74, 6) is -0.0861. The highest BCUT2D eigenvalue weighted by molar-refractivity contribution is 6.33. The maximum atomic E-state index is 12.6. The largest absolute Gasteiger partial charge is 0.322 e. The number of para-hydroxylation sites is 1. The van der Waals surface area contributed by atoms with Crippen molar-refractivity contribution in [3.63, 3.8) is 0 Å². The van der Waals surface area contributed by atoms with Gasteiger partial charge in [0.2, 0.25) is 0 Å². The molecule has 5 nitrogen and oxygen atoms in total. The third-order valence-electron chi connectivity index (χ3n) is 4.29. The van der Waals surface area contributed by atoms with E-state index < -0.39 is 0 Å². The standard InChI is InChI=1S/C19H26ClN3O2/c1-3-23(15-9-5-4-6-10-15)19(25)14-22(2)13-18(24)21-17-12-8-7-11-16(17)20/h7-9,11-12H,3-6,10,13-14H2,1-2H3,(H,21,24)/p+1. The van der Waals surface area contributed by atoms with Gasteiger partial charge < -0.3 is 15.1 Å². The molecule has 0 saturated carbocycles. The minimum absolute atomic E-state index is 0.0682. The van der Waals surface area contributed by atoms with Gasteiger partial charge in [-0.3, -0.25) is 9.59 Å². The van der Waals surface area contributed by atoms with Crippen LogP contribution < -0.4 is 10.2 Å². The Morgan fingerprint density at radius 1 is 1.24 bits per heavy atom. The summed E-state index contributed by atoms with van der Waals surface area (Å²) < 4.78 is 0. The molecule has 0 fully saturated rings. The van der Waals surface area contributed by atoms with Crippen LogP contribution in [0.4, 0.5) is 5.69 Å². The summed E-state index contributed by atoms with van der Waals surface area (Å²) in [7, 11) is 1.85. The Bertz CT molecular complexity index is 645. The molecule has 1 aliphatic rings. The predicted octanol–water partition coefficient (Wildman–Crippen LogP) is 2.10. The summed E-state index contributed by atoms with van der Waals surface area (Å²) in [5, 5.41) is 3.30. The predicted molar refractivity (Wildman–Crippen MR) is 101 cm³/mol. The van der Waals surface area contributed by atoms with Crippen molar-refractivity contribution in [1.29, 1.82) is 0 Å². The Labute approximate surface area is 154 Å². The summed E-state index contributed by atoms with van der Waals surface area (Å²) in [6, 6.07) is 7.12. The van der Waals surface area contributed by atoms with Crippen LogP contribution in [-0.2, 0) is 9.59 Å². The number of benzene rings is 1. The van der Waals surface area contributed by atoms with Crippen LogP contribution >= 0.6 is 11.6 Å². The summed E-state index contributed by atoms with van der Waals surface area (Å²) in [5.41, 5.74) is 1.72. The fourth-order valence-corrected chi connectivity index (χ4v) is 3.24. The molecule has 0 bridgehead atoms. The van der Waals surface area contributed by atoms with Crippen LogP contribution in [0.2, 0.25) is 5.02 Å². The van der Waals surface area contributed by atoms with Gasteiger partial charge in [0, 0.05) is 12.2 Å². The number of nitrogens with zero attached hydrogens (tertiary/aromatic N) is 1. The molecule has 0 saturated heterocycles. The second kappa shape index (κ2) is 9.59. The number of hydrogen-bond donors (Lipinski definition) is 2. The number of rotatable bonds is 7. The Hall–Kier alpha value is -1.85. The third-order valence-corrected chi connectivity index (χ3v) is 4.62. The zero-order valence-electron chi connectivity index (χ0n) is 15.0. The van der Waals surface area contributed by atoms with Crippen molar-refractivity contribution < 1.29 is 14.5 Å². The average molecular weight is 365 g/mol. The van der Waals surface area contributed by atoms with Crippen LogP contribution in [0.1, 0.15) is 32.6 Å². The third kappa shape index (κ3) is 5.87. The van der Waals surface area contributed by atoms with E-state index >= 15 is 0 Å². The van der Waals surface area contributed by atoms with Gasteiger partial charge in [-0.2, -0.15) is 0 Å². The van der Waals surface area contributed by atoms with E-state index in [0.717, 1.165) is 29.9 Å². The Kier molecular flexibility index (Phi) is 7.47. The van der Waals surface area contributed by atoms with E-state index in [4.69, 9.17) is 11.6 Å². The van der Waals surface area contributed by atoms with Gasteiger partial charge in [-0.05, 0) is 44.7 Å². The lowest BCUT2D eigenvalue weighted by Gasteiger charge is -2.27. The molecule has 1 atom stereocenters. The van der Waals surface area contributed by atoms with E-state index in [9.17, 15) is 9.59 Å². The number of allylic oxidation sites excluding steroid dienone is 2. The van der Waals surface area contributed by atoms with Gasteiger partial charge in [0.1, 0.15) is 0 Å². The fraction of sp³-hybridized carbons (Fsp3) is 0.474. The van der Waals surface area contributed by atoms with Gasteiger partial charge in [0.05, 0.1) is 17.8 Å². The molecule has 6 heteroatoms. The van der Waals surface area contributed by atoms with E-state index in [0.29, 0.717) is 23.8 Å². The highest BCUT2D eigenvalue weighted by atomic mass is 35.5. The molecule has 25 heavy (non-hydrogen) atoms. The topological polar surface area (TPSA) is 53.9 Å². The van der Waals surface area contributed by atoms with Gasteiger partial charge in [0.15, 0.2) is 13.1 Å². The summed E-state index contributed by atoms with van der Waals surface area (Å²) in [6.45, 7) is 3.17. The van der Waals surface area contributed by atoms with E-state index in [-0.39, 0.29) is 18.4 Å². The number of likely N-dealkylation sites (N-methyl/N-ethyl adjacent to an activating group) is 2. The fourth-order valence-electron chi connectivity index (χ4n) is 3.05. The minimum Gasteiger partial charge on any atom is -0.322 e. The van der Waals surface area contributed by atoms with E-state index in [1.165, 1.54) is 6.42 Å². The highest BCUT2D eigenvalue weighted by Crippen LogP contribution is 2.21. The molecule has 2 rings (SSSR count). The Balaban J connectivity index is 1.86. The zero-order chi connectivity index (χ0) is 18.2. The number of halogens is 1. The SMILES string of the molecule is CCN(C(=O)C[NH+](C)CC(=O)Nc1ccccc1Cl)C1=CCCCC1. The van der Waals surface area contributed by atoms with Gasteiger partial charge >= 0.3 is 0 Å². The van der Waals surface area contributed by atoms with Gasteiger partial charge in [-0.15, -0.1) is 0 Å². The van der Waals surface area contributed by atoms with E-state index in [2.05, 4.69) is 11.4 Å². The van der Waals surface area contributed by atoms with E-state index in [1.54, 1.807) is 12.1 Å². The summed E-state index contributed by atoms with van der Waals surface area (Å²) >= 11 is 6.05. The Morgan fingerprint density at radius 3 is 2.64 bits per heavy atom. The molecule has 0 spiro atoms. The van der Waals surface area contributed by atoms with Gasteiger partial charge in [0.25, 0.3) is 11.8 Å². The molecular formula is C19H27ClN3O2+. The van der Waals surface area contributed by atoms with Crippen molar-refractivity contribution in [2.45, 2.75) is 32.6 Å². The molecule has 2 amide bonds. The first-order valence-electron chi connectivity index (χ1n) is 8.86. The van der Waals surface area contributed by atoms with Crippen molar-refractivity contribution in [2.24, 2.45) is 0 Å². The van der Waals surface area contributed by atoms with Crippen molar-refractivity contribution in [3.05, 3.63) is 41.1 Å². The number of carbonyl (C=O) groups excluding carboxylic acids is 2. The van der Waals surface area contributed by atoms with Gasteiger partial charge in [-0.25, -0.2) is 0 Å². The first-order valence-corrected chi connectivity index (χ1v) is 9.24. The lowest BCUT2D eigenvalue weighted by atomic mass is 10.0. The number of amides is 2. The molecule has 2 N–H and O–H groups in total. The smallest absolute Gasteiger partial charge is 0.281 e. The average Bonchev–Trinajstić information content (AvgIpc) is 2.58. The molecule has 0 aromatic heterocycles. The normalized spacial score (nSPS) is 15.2. The maximum absolute atomic E-state index is 12.6. The monoisotopic (exact) mass is 364 g/mol. The number of nitrogens with one attached hydrogen (secondary N) is 2. The second-order valence-electron chi connectivity index (χ2n) is 6.42. The highest BCUT2D eigenvalue weighted by Gasteiger charge is 2.22. The van der Waals surface area contributed by atoms with Crippen LogP contribution in [0, 0.1) is 0 Å². The molecule has 1 aromatic carbocycles. The molecule has 136 valence electrons. The number of quaternary nitrogens is 1. The summed E-state index contributed by atoms with van der Waals surface area (Å²) in [6.07, 6.45) is 6.51. The quantitative estimate of drug-likeness (QED) is 0.778. The van der Waals surface area contributed by atoms with E-state index in [1.807, 2.05) is 31.0 Å². The van der Waals surface area contributed by atoms with Crippen LogP contribution in [-0.4, -0.2) is 43.4 Å². The molecule has 1 unspecified atom stereocenters. The molecule has 0 aliphatic heterocycles. The lowest BCUT2D eigenvalue weighted by molar-refractivity contribution is -0.862. The van der Waals surface area contributed by atoms with Crippen LogP contribution in [0.25, 0.3) is 0 Å². The molecule has 0 heterocycles. The first-order chi connectivity index (χ1) is 12.0. The van der Waals surface area contributed by atoms with Crippen LogP contribution in [0.15, 0.2) is 36.0 Å². The van der Waals surface area contributed by atoms with Gasteiger partial charge in [-0.1, -0.05) is 29.8 Å². The van der Waals surface area contributed by atoms with Crippen molar-refractivity contribution in [2.75, 3.05) is 32.0 Å². The zero-order valence-corrected chi connectivity index (χ0v) is 15.7. The van der Waals surface area contributed by atoms with Crippen LogP contribution in [0.3, 0.4) is 0 Å². The number of anilines is 1. The second-order valence-corrected chi connectivity index (χ2v) is 6.83. The molecule has 1 aliphatic carbocycles. The number of hydrogen-bond acceptors (Lipinski definition) is 2. The maximum Gasteiger partial charge on any atom is 0.281 e. The lowest BCUT2D eigenvalue weighted by Crippen LogP contribution is -3.11. The molecule has 0 radical (unpaired) electrons.